The lowest BCUT2D eigenvalue weighted by atomic mass is 9.95. The van der Waals surface area contributed by atoms with Crippen LogP contribution in [0.4, 0.5) is 4.39 Å². The molecule has 0 aliphatic carbocycles. The second-order valence-electron chi connectivity index (χ2n) is 7.53. The molecule has 1 heterocycles. The summed E-state index contributed by atoms with van der Waals surface area (Å²) >= 11 is 0. The predicted octanol–water partition coefficient (Wildman–Crippen LogP) is 4.59. The van der Waals surface area contributed by atoms with Gasteiger partial charge in [-0.3, -0.25) is 15.1 Å². The SMILES string of the molecule is CNC(=O)[C@H](N[C@@H](CCc1ccc(C)nc1)c1ccc(F)c(C)c1)c1ccccc1. The van der Waals surface area contributed by atoms with E-state index in [9.17, 15) is 9.18 Å². The van der Waals surface area contributed by atoms with Crippen LogP contribution in [0.5, 0.6) is 0 Å². The molecule has 0 spiro atoms. The summed E-state index contributed by atoms with van der Waals surface area (Å²) in [5, 5.41) is 6.26. The Morgan fingerprint density at radius 1 is 1.03 bits per heavy atom. The number of amides is 1. The van der Waals surface area contributed by atoms with Gasteiger partial charge in [-0.05, 0) is 61.1 Å². The van der Waals surface area contributed by atoms with Crippen molar-refractivity contribution in [3.05, 3.63) is 101 Å². The lowest BCUT2D eigenvalue weighted by molar-refractivity contribution is -0.123. The first-order valence-corrected chi connectivity index (χ1v) is 10.2. The largest absolute Gasteiger partial charge is 0.358 e. The summed E-state index contributed by atoms with van der Waals surface area (Å²) in [6, 6.07) is 18.2. The molecule has 3 rings (SSSR count). The van der Waals surface area contributed by atoms with Gasteiger partial charge in [0.15, 0.2) is 0 Å². The summed E-state index contributed by atoms with van der Waals surface area (Å²) in [7, 11) is 1.63. The Balaban J connectivity index is 1.89. The van der Waals surface area contributed by atoms with E-state index in [1.54, 1.807) is 20.0 Å². The van der Waals surface area contributed by atoms with Crippen LogP contribution in [0, 0.1) is 19.7 Å². The van der Waals surface area contributed by atoms with Gasteiger partial charge >= 0.3 is 0 Å². The van der Waals surface area contributed by atoms with Gasteiger partial charge in [0.05, 0.1) is 0 Å². The van der Waals surface area contributed by atoms with Crippen LogP contribution < -0.4 is 10.6 Å². The van der Waals surface area contributed by atoms with E-state index in [0.717, 1.165) is 35.2 Å². The topological polar surface area (TPSA) is 54.0 Å². The van der Waals surface area contributed by atoms with E-state index in [2.05, 4.69) is 21.7 Å². The number of likely N-dealkylation sites (N-methyl/N-ethyl adjacent to an activating group) is 1. The van der Waals surface area contributed by atoms with Gasteiger partial charge in [0.2, 0.25) is 5.91 Å². The van der Waals surface area contributed by atoms with Gasteiger partial charge in [-0.2, -0.15) is 0 Å². The van der Waals surface area contributed by atoms with Gasteiger partial charge < -0.3 is 5.32 Å². The van der Waals surface area contributed by atoms with Crippen molar-refractivity contribution in [2.24, 2.45) is 0 Å². The van der Waals surface area contributed by atoms with E-state index in [0.29, 0.717) is 5.56 Å². The van der Waals surface area contributed by atoms with Crippen LogP contribution in [-0.2, 0) is 11.2 Å². The number of benzene rings is 2. The van der Waals surface area contributed by atoms with Crippen molar-refractivity contribution in [3.8, 4) is 0 Å². The molecule has 3 aromatic rings. The fraction of sp³-hybridized carbons (Fsp3) is 0.280. The third-order valence-corrected chi connectivity index (χ3v) is 5.29. The van der Waals surface area contributed by atoms with Crippen LogP contribution in [0.15, 0.2) is 66.9 Å². The van der Waals surface area contributed by atoms with Crippen molar-refractivity contribution in [3.63, 3.8) is 0 Å². The number of aromatic nitrogens is 1. The third kappa shape index (κ3) is 5.51. The highest BCUT2D eigenvalue weighted by Crippen LogP contribution is 2.26. The molecule has 2 N–H and O–H groups in total. The number of nitrogens with zero attached hydrogens (tertiary/aromatic N) is 1. The third-order valence-electron chi connectivity index (χ3n) is 5.29. The standard InChI is InChI=1S/C25H28FN3O/c1-17-15-21(12-13-22(17)26)23(14-11-19-10-9-18(2)28-16-19)29-24(25(30)27-3)20-7-5-4-6-8-20/h4-10,12-13,15-16,23-24,29H,11,14H2,1-3H3,(H,27,30)/t23-,24+/m0/s1. The molecule has 0 saturated heterocycles. The molecule has 0 radical (unpaired) electrons. The van der Waals surface area contributed by atoms with E-state index in [1.807, 2.05) is 55.6 Å². The maximum Gasteiger partial charge on any atom is 0.241 e. The van der Waals surface area contributed by atoms with Gasteiger partial charge in [-0.25, -0.2) is 4.39 Å². The minimum absolute atomic E-state index is 0.109. The first kappa shape index (κ1) is 21.7. The zero-order chi connectivity index (χ0) is 21.5. The zero-order valence-corrected chi connectivity index (χ0v) is 17.7. The highest BCUT2D eigenvalue weighted by molar-refractivity contribution is 5.83. The average molecular weight is 406 g/mol. The summed E-state index contributed by atoms with van der Waals surface area (Å²) in [5.41, 5.74) is 4.54. The number of halogens is 1. The lowest BCUT2D eigenvalue weighted by Crippen LogP contribution is -2.38. The summed E-state index contributed by atoms with van der Waals surface area (Å²) in [6.45, 7) is 3.72. The average Bonchev–Trinajstić information content (AvgIpc) is 2.77. The number of carbonyl (C=O) groups is 1. The number of nitrogens with one attached hydrogen (secondary N) is 2. The van der Waals surface area contributed by atoms with Gasteiger partial charge in [0, 0.05) is 25.0 Å². The highest BCUT2D eigenvalue weighted by atomic mass is 19.1. The maximum absolute atomic E-state index is 13.9. The van der Waals surface area contributed by atoms with Gasteiger partial charge in [0.1, 0.15) is 11.9 Å². The number of pyridine rings is 1. The van der Waals surface area contributed by atoms with E-state index in [-0.39, 0.29) is 17.8 Å². The van der Waals surface area contributed by atoms with E-state index in [4.69, 9.17) is 0 Å². The predicted molar refractivity (Wildman–Crippen MR) is 118 cm³/mol. The van der Waals surface area contributed by atoms with Crippen molar-refractivity contribution in [2.75, 3.05) is 7.05 Å². The van der Waals surface area contributed by atoms with Crippen LogP contribution in [0.25, 0.3) is 0 Å². The number of hydrogen-bond donors (Lipinski definition) is 2. The minimum Gasteiger partial charge on any atom is -0.358 e. The van der Waals surface area contributed by atoms with Crippen LogP contribution in [-0.4, -0.2) is 17.9 Å². The molecule has 0 saturated carbocycles. The number of rotatable bonds is 8. The Morgan fingerprint density at radius 3 is 2.43 bits per heavy atom. The maximum atomic E-state index is 13.9. The molecule has 0 bridgehead atoms. The Kier molecular flexibility index (Phi) is 7.31. The second-order valence-corrected chi connectivity index (χ2v) is 7.53. The van der Waals surface area contributed by atoms with Crippen LogP contribution in [0.3, 0.4) is 0 Å². The summed E-state index contributed by atoms with van der Waals surface area (Å²) in [4.78, 5) is 17.0. The Morgan fingerprint density at radius 2 is 1.80 bits per heavy atom. The molecule has 1 aromatic heterocycles. The summed E-state index contributed by atoms with van der Waals surface area (Å²) in [5.74, 6) is -0.340. The Labute approximate surface area is 177 Å². The van der Waals surface area contributed by atoms with Gasteiger partial charge in [-0.15, -0.1) is 0 Å². The quantitative estimate of drug-likeness (QED) is 0.576. The monoisotopic (exact) mass is 405 g/mol. The fourth-order valence-electron chi connectivity index (χ4n) is 3.50. The van der Waals surface area contributed by atoms with Crippen molar-refractivity contribution in [2.45, 2.75) is 38.8 Å². The first-order chi connectivity index (χ1) is 14.5. The van der Waals surface area contributed by atoms with E-state index < -0.39 is 6.04 Å². The Bertz CT molecular complexity index is 973. The zero-order valence-electron chi connectivity index (χ0n) is 17.7. The molecule has 5 heteroatoms. The normalized spacial score (nSPS) is 12.9. The van der Waals surface area contributed by atoms with E-state index >= 15 is 0 Å². The van der Waals surface area contributed by atoms with E-state index in [1.165, 1.54) is 6.07 Å². The smallest absolute Gasteiger partial charge is 0.241 e. The minimum atomic E-state index is -0.511. The van der Waals surface area contributed by atoms with Crippen molar-refractivity contribution < 1.29 is 9.18 Å². The molecule has 0 aliphatic heterocycles. The van der Waals surface area contributed by atoms with Crippen LogP contribution >= 0.6 is 0 Å². The summed E-state index contributed by atoms with van der Waals surface area (Å²) < 4.78 is 13.9. The van der Waals surface area contributed by atoms with Crippen LogP contribution in [0.1, 0.15) is 46.5 Å². The number of aryl methyl sites for hydroxylation is 3. The molecule has 0 unspecified atom stereocenters. The molecular weight excluding hydrogens is 377 g/mol. The molecule has 156 valence electrons. The van der Waals surface area contributed by atoms with Crippen molar-refractivity contribution in [1.29, 1.82) is 0 Å². The molecule has 30 heavy (non-hydrogen) atoms. The van der Waals surface area contributed by atoms with Gasteiger partial charge in [0.25, 0.3) is 0 Å². The second kappa shape index (κ2) is 10.1. The van der Waals surface area contributed by atoms with Crippen LogP contribution in [0.2, 0.25) is 0 Å². The molecule has 1 amide bonds. The molecule has 0 aliphatic rings. The molecule has 2 aromatic carbocycles. The number of carbonyl (C=O) groups excluding carboxylic acids is 1. The number of hydrogen-bond acceptors (Lipinski definition) is 3. The molecule has 4 nitrogen and oxygen atoms in total. The molecular formula is C25H28FN3O. The van der Waals surface area contributed by atoms with Crippen molar-refractivity contribution in [1.82, 2.24) is 15.6 Å². The highest BCUT2D eigenvalue weighted by Gasteiger charge is 2.24. The van der Waals surface area contributed by atoms with Gasteiger partial charge in [-0.1, -0.05) is 48.5 Å². The summed E-state index contributed by atoms with van der Waals surface area (Å²) in [6.07, 6.45) is 3.42. The fourth-order valence-corrected chi connectivity index (χ4v) is 3.50. The first-order valence-electron chi connectivity index (χ1n) is 10.2. The molecule has 0 fully saturated rings. The lowest BCUT2D eigenvalue weighted by Gasteiger charge is -2.26. The molecule has 2 atom stereocenters. The van der Waals surface area contributed by atoms with Crippen molar-refractivity contribution >= 4 is 5.91 Å². The Hall–Kier alpha value is -3.05.